The van der Waals surface area contributed by atoms with Crippen LogP contribution in [0.4, 0.5) is 14.3 Å². The lowest BCUT2D eigenvalue weighted by atomic mass is 10.1. The van der Waals surface area contributed by atoms with Crippen LogP contribution in [0.3, 0.4) is 0 Å². The van der Waals surface area contributed by atoms with E-state index in [9.17, 15) is 17.6 Å². The molecular formula is C16H20FN5O3S2. The van der Waals surface area contributed by atoms with Gasteiger partial charge in [0.2, 0.25) is 15.2 Å². The number of aromatic nitrogens is 2. The van der Waals surface area contributed by atoms with Gasteiger partial charge in [-0.05, 0) is 25.0 Å². The minimum atomic E-state index is -3.20. The van der Waals surface area contributed by atoms with Crippen LogP contribution >= 0.6 is 11.3 Å². The summed E-state index contributed by atoms with van der Waals surface area (Å²) in [6, 6.07) is 5.61. The Morgan fingerprint density at radius 3 is 2.67 bits per heavy atom. The van der Waals surface area contributed by atoms with Crippen LogP contribution in [0, 0.1) is 5.82 Å². The van der Waals surface area contributed by atoms with Crippen molar-refractivity contribution in [3.63, 3.8) is 0 Å². The molecular weight excluding hydrogens is 393 g/mol. The van der Waals surface area contributed by atoms with E-state index < -0.39 is 10.0 Å². The summed E-state index contributed by atoms with van der Waals surface area (Å²) < 4.78 is 37.9. The summed E-state index contributed by atoms with van der Waals surface area (Å²) in [6.07, 6.45) is 2.33. The van der Waals surface area contributed by atoms with Crippen LogP contribution in [-0.2, 0) is 10.0 Å². The molecule has 0 aliphatic carbocycles. The summed E-state index contributed by atoms with van der Waals surface area (Å²) in [5.74, 6) is -0.367. The first kappa shape index (κ1) is 19.6. The summed E-state index contributed by atoms with van der Waals surface area (Å²) in [6.45, 7) is 0.785. The lowest BCUT2D eigenvalue weighted by Gasteiger charge is -2.35. The van der Waals surface area contributed by atoms with E-state index in [1.807, 2.05) is 0 Å². The van der Waals surface area contributed by atoms with Gasteiger partial charge in [-0.1, -0.05) is 23.5 Å². The van der Waals surface area contributed by atoms with Gasteiger partial charge in [-0.25, -0.2) is 21.9 Å². The van der Waals surface area contributed by atoms with Crippen molar-refractivity contribution >= 4 is 32.5 Å². The fraction of sp³-hybridized carbons (Fsp3) is 0.438. The van der Waals surface area contributed by atoms with Crippen LogP contribution in [0.25, 0.3) is 10.6 Å². The summed E-state index contributed by atoms with van der Waals surface area (Å²) >= 11 is 1.16. The van der Waals surface area contributed by atoms with E-state index in [0.29, 0.717) is 41.6 Å². The van der Waals surface area contributed by atoms with Gasteiger partial charge in [0.05, 0.1) is 6.26 Å². The van der Waals surface area contributed by atoms with Crippen LogP contribution in [0.5, 0.6) is 0 Å². The molecule has 0 saturated carbocycles. The monoisotopic (exact) mass is 413 g/mol. The minimum absolute atomic E-state index is 0.0568. The smallest absolute Gasteiger partial charge is 0.323 e. The number of anilines is 1. The molecule has 0 radical (unpaired) electrons. The quantitative estimate of drug-likeness (QED) is 0.829. The molecule has 0 atom stereocenters. The Morgan fingerprint density at radius 2 is 2.04 bits per heavy atom. The number of piperidine rings is 1. The zero-order chi connectivity index (χ0) is 19.6. The Bertz CT molecular complexity index is 926. The number of hydrogen-bond donors (Lipinski definition) is 1. The van der Waals surface area contributed by atoms with Crippen LogP contribution in [-0.4, -0.2) is 66.3 Å². The van der Waals surface area contributed by atoms with E-state index in [2.05, 4.69) is 15.5 Å². The van der Waals surface area contributed by atoms with Crippen molar-refractivity contribution in [2.75, 3.05) is 31.7 Å². The molecule has 1 fully saturated rings. The first-order chi connectivity index (χ1) is 12.7. The number of benzene rings is 1. The van der Waals surface area contributed by atoms with Gasteiger partial charge in [0.1, 0.15) is 10.8 Å². The largest absolute Gasteiger partial charge is 0.324 e. The first-order valence-corrected chi connectivity index (χ1v) is 11.0. The number of carbonyl (C=O) groups is 1. The number of halogens is 1. The Morgan fingerprint density at radius 1 is 1.33 bits per heavy atom. The number of hydrogen-bond acceptors (Lipinski definition) is 6. The SMILES string of the molecule is CN(C(=O)Nc1nnc(-c2cccc(F)c2)s1)C1CCN(S(C)(=O)=O)CC1. The predicted octanol–water partition coefficient (Wildman–Crippen LogP) is 2.23. The standard InChI is InChI=1S/C16H20FN5O3S2/c1-21(13-6-8-22(9-7-13)27(2,24)25)16(23)18-15-20-19-14(26-15)11-4-3-5-12(17)10-11/h3-5,10,13H,6-9H2,1-2H3,(H,18,20,23). The molecule has 11 heteroatoms. The molecule has 1 saturated heterocycles. The molecule has 0 bridgehead atoms. The fourth-order valence-electron chi connectivity index (χ4n) is 2.92. The van der Waals surface area contributed by atoms with Gasteiger partial charge in [0.15, 0.2) is 0 Å². The molecule has 0 spiro atoms. The minimum Gasteiger partial charge on any atom is -0.324 e. The molecule has 1 aliphatic heterocycles. The Labute approximate surface area is 161 Å². The van der Waals surface area contributed by atoms with E-state index in [-0.39, 0.29) is 17.9 Å². The third-order valence-electron chi connectivity index (χ3n) is 4.47. The lowest BCUT2D eigenvalue weighted by molar-refractivity contribution is 0.174. The van der Waals surface area contributed by atoms with Crippen molar-refractivity contribution in [1.82, 2.24) is 19.4 Å². The first-order valence-electron chi connectivity index (χ1n) is 8.32. The number of urea groups is 1. The molecule has 146 valence electrons. The number of rotatable bonds is 4. The highest BCUT2D eigenvalue weighted by Crippen LogP contribution is 2.27. The third kappa shape index (κ3) is 4.79. The maximum absolute atomic E-state index is 13.3. The zero-order valence-electron chi connectivity index (χ0n) is 14.9. The van der Waals surface area contributed by atoms with Gasteiger partial charge in [-0.15, -0.1) is 10.2 Å². The summed E-state index contributed by atoms with van der Waals surface area (Å²) in [7, 11) is -1.53. The molecule has 2 amide bonds. The molecule has 27 heavy (non-hydrogen) atoms. The highest BCUT2D eigenvalue weighted by atomic mass is 32.2. The van der Waals surface area contributed by atoms with Crippen LogP contribution in [0.1, 0.15) is 12.8 Å². The molecule has 0 unspecified atom stereocenters. The maximum atomic E-state index is 13.3. The molecule has 1 aromatic carbocycles. The number of carbonyl (C=O) groups excluding carboxylic acids is 1. The molecule has 1 aromatic heterocycles. The fourth-order valence-corrected chi connectivity index (χ4v) is 4.52. The van der Waals surface area contributed by atoms with Crippen LogP contribution in [0.2, 0.25) is 0 Å². The third-order valence-corrected chi connectivity index (χ3v) is 6.66. The molecule has 2 heterocycles. The Hall–Kier alpha value is -2.11. The summed E-state index contributed by atoms with van der Waals surface area (Å²) in [4.78, 5) is 14.0. The molecule has 3 rings (SSSR count). The van der Waals surface area contributed by atoms with E-state index >= 15 is 0 Å². The second-order valence-electron chi connectivity index (χ2n) is 6.36. The van der Waals surface area contributed by atoms with E-state index in [1.54, 1.807) is 24.1 Å². The van der Waals surface area contributed by atoms with Crippen LogP contribution in [0.15, 0.2) is 24.3 Å². The number of amides is 2. The van der Waals surface area contributed by atoms with Crippen molar-refractivity contribution in [3.05, 3.63) is 30.1 Å². The van der Waals surface area contributed by atoms with E-state index in [1.165, 1.54) is 22.7 Å². The Balaban J connectivity index is 1.59. The zero-order valence-corrected chi connectivity index (χ0v) is 16.6. The van der Waals surface area contributed by atoms with Gasteiger partial charge >= 0.3 is 6.03 Å². The molecule has 2 aromatic rings. The molecule has 1 aliphatic rings. The highest BCUT2D eigenvalue weighted by molar-refractivity contribution is 7.88. The van der Waals surface area contributed by atoms with Crippen molar-refractivity contribution in [2.45, 2.75) is 18.9 Å². The Kier molecular flexibility index (Phi) is 5.72. The van der Waals surface area contributed by atoms with Gasteiger partial charge < -0.3 is 4.90 Å². The second-order valence-corrected chi connectivity index (χ2v) is 9.32. The van der Waals surface area contributed by atoms with Gasteiger partial charge in [-0.2, -0.15) is 0 Å². The topological polar surface area (TPSA) is 95.5 Å². The second kappa shape index (κ2) is 7.87. The van der Waals surface area contributed by atoms with Gasteiger partial charge in [0.25, 0.3) is 0 Å². The van der Waals surface area contributed by atoms with Crippen molar-refractivity contribution in [3.8, 4) is 10.6 Å². The van der Waals surface area contributed by atoms with E-state index in [0.717, 1.165) is 11.3 Å². The summed E-state index contributed by atoms with van der Waals surface area (Å²) in [5.41, 5.74) is 0.592. The number of sulfonamides is 1. The lowest BCUT2D eigenvalue weighted by Crippen LogP contribution is -2.48. The summed E-state index contributed by atoms with van der Waals surface area (Å²) in [5, 5.41) is 11.4. The number of nitrogens with one attached hydrogen (secondary N) is 1. The van der Waals surface area contributed by atoms with Gasteiger partial charge in [-0.3, -0.25) is 5.32 Å². The number of nitrogens with zero attached hydrogens (tertiary/aromatic N) is 4. The van der Waals surface area contributed by atoms with Gasteiger partial charge in [0, 0.05) is 31.7 Å². The average molecular weight is 414 g/mol. The predicted molar refractivity (Wildman–Crippen MR) is 102 cm³/mol. The van der Waals surface area contributed by atoms with Crippen molar-refractivity contribution < 1.29 is 17.6 Å². The van der Waals surface area contributed by atoms with Crippen molar-refractivity contribution in [1.29, 1.82) is 0 Å². The highest BCUT2D eigenvalue weighted by Gasteiger charge is 2.29. The normalized spacial score (nSPS) is 16.3. The molecule has 1 N–H and O–H groups in total. The van der Waals surface area contributed by atoms with Crippen LogP contribution < -0.4 is 5.32 Å². The van der Waals surface area contributed by atoms with Crippen molar-refractivity contribution in [2.24, 2.45) is 0 Å². The molecule has 8 nitrogen and oxygen atoms in total. The maximum Gasteiger partial charge on any atom is 0.323 e. The average Bonchev–Trinajstić information content (AvgIpc) is 3.09. The van der Waals surface area contributed by atoms with E-state index in [4.69, 9.17) is 0 Å².